The first-order valence-corrected chi connectivity index (χ1v) is 5.88. The minimum Gasteiger partial charge on any atom is -0.286 e. The number of anilines is 1. The van der Waals surface area contributed by atoms with Gasteiger partial charge in [0.15, 0.2) is 5.84 Å². The Balaban J connectivity index is 2.23. The van der Waals surface area contributed by atoms with Crippen LogP contribution in [-0.4, -0.2) is 5.84 Å². The molecule has 3 rings (SSSR count). The monoisotopic (exact) mass is 217 g/mol. The molecule has 0 aromatic heterocycles. The summed E-state index contributed by atoms with van der Waals surface area (Å²) in [7, 11) is 0.527. The zero-order valence-corrected chi connectivity index (χ0v) is 9.70. The summed E-state index contributed by atoms with van der Waals surface area (Å²) < 4.78 is 2.22. The van der Waals surface area contributed by atoms with Crippen LogP contribution in [-0.2, 0) is 0 Å². The number of allylic oxidation sites excluding steroid dienone is 1. The van der Waals surface area contributed by atoms with E-state index in [1.807, 2.05) is 0 Å². The number of benzene rings is 1. The molecule has 0 spiro atoms. The SMILES string of the molecule is CC1=CC2=NNPN2c2ccc(C)cc21. The Kier molecular flexibility index (Phi) is 1.83. The van der Waals surface area contributed by atoms with Crippen LogP contribution >= 0.6 is 8.88 Å². The van der Waals surface area contributed by atoms with E-state index in [1.54, 1.807) is 0 Å². The van der Waals surface area contributed by atoms with Crippen LogP contribution in [0.5, 0.6) is 0 Å². The summed E-state index contributed by atoms with van der Waals surface area (Å²) in [5.41, 5.74) is 5.18. The highest BCUT2D eigenvalue weighted by Crippen LogP contribution is 2.39. The molecule has 4 heteroatoms. The van der Waals surface area contributed by atoms with Crippen molar-refractivity contribution in [3.63, 3.8) is 0 Å². The van der Waals surface area contributed by atoms with Gasteiger partial charge in [-0.25, -0.2) is 0 Å². The van der Waals surface area contributed by atoms with Crippen molar-refractivity contribution in [3.8, 4) is 0 Å². The highest BCUT2D eigenvalue weighted by atomic mass is 31.1. The van der Waals surface area contributed by atoms with Gasteiger partial charge in [0.25, 0.3) is 0 Å². The van der Waals surface area contributed by atoms with Gasteiger partial charge in [0, 0.05) is 5.56 Å². The highest BCUT2D eigenvalue weighted by Gasteiger charge is 2.24. The molecule has 15 heavy (non-hydrogen) atoms. The summed E-state index contributed by atoms with van der Waals surface area (Å²) in [5, 5.41) is 7.30. The zero-order valence-electron chi connectivity index (χ0n) is 8.70. The van der Waals surface area contributed by atoms with Crippen LogP contribution in [0.3, 0.4) is 0 Å². The zero-order chi connectivity index (χ0) is 10.4. The summed E-state index contributed by atoms with van der Waals surface area (Å²) in [6.07, 6.45) is 2.13. The van der Waals surface area contributed by atoms with Crippen molar-refractivity contribution in [2.24, 2.45) is 5.10 Å². The number of hydrogen-bond donors (Lipinski definition) is 1. The molecule has 1 aromatic rings. The highest BCUT2D eigenvalue weighted by molar-refractivity contribution is 7.40. The van der Waals surface area contributed by atoms with E-state index in [4.69, 9.17) is 0 Å². The van der Waals surface area contributed by atoms with Crippen LogP contribution in [0.2, 0.25) is 0 Å². The fourth-order valence-corrected chi connectivity index (χ4v) is 2.76. The molecule has 2 heterocycles. The molecule has 1 N–H and O–H groups in total. The third kappa shape index (κ3) is 1.27. The third-order valence-corrected chi connectivity index (χ3v) is 3.63. The van der Waals surface area contributed by atoms with Gasteiger partial charge in [-0.3, -0.25) is 9.87 Å². The van der Waals surface area contributed by atoms with E-state index in [2.05, 4.69) is 53.1 Å². The predicted octanol–water partition coefficient (Wildman–Crippen LogP) is 2.64. The van der Waals surface area contributed by atoms with Crippen molar-refractivity contribution in [1.29, 1.82) is 0 Å². The van der Waals surface area contributed by atoms with Crippen molar-refractivity contribution in [1.82, 2.24) is 5.20 Å². The second kappa shape index (κ2) is 3.07. The standard InChI is InChI=1S/C11H12N3P/c1-7-3-4-10-9(5-7)8(2)6-11-12-13-15-14(10)11/h3-6,13,15H,1-2H3. The first kappa shape index (κ1) is 8.93. The van der Waals surface area contributed by atoms with E-state index in [9.17, 15) is 0 Å². The van der Waals surface area contributed by atoms with E-state index >= 15 is 0 Å². The molecule has 0 aliphatic carbocycles. The Bertz CT molecular complexity index is 491. The lowest BCUT2D eigenvalue weighted by molar-refractivity contribution is 1.13. The van der Waals surface area contributed by atoms with Crippen LogP contribution in [0, 0.1) is 6.92 Å². The molecule has 76 valence electrons. The first-order chi connectivity index (χ1) is 7.25. The number of hydrogen-bond acceptors (Lipinski definition) is 3. The molecule has 1 unspecified atom stereocenters. The Hall–Kier alpha value is -1.34. The molecule has 3 nitrogen and oxygen atoms in total. The van der Waals surface area contributed by atoms with Crippen LogP contribution in [0.25, 0.3) is 5.57 Å². The third-order valence-electron chi connectivity index (χ3n) is 2.72. The summed E-state index contributed by atoms with van der Waals surface area (Å²) in [4.78, 5) is 0. The lowest BCUT2D eigenvalue weighted by Gasteiger charge is -2.25. The average molecular weight is 217 g/mol. The molecule has 0 radical (unpaired) electrons. The molecule has 0 amide bonds. The van der Waals surface area contributed by atoms with Gasteiger partial charge in [0.05, 0.1) is 5.69 Å². The van der Waals surface area contributed by atoms with E-state index in [0.29, 0.717) is 8.88 Å². The van der Waals surface area contributed by atoms with Crippen molar-refractivity contribution in [2.45, 2.75) is 13.8 Å². The number of hydrazone groups is 1. The van der Waals surface area contributed by atoms with Crippen LogP contribution in [0.4, 0.5) is 5.69 Å². The van der Waals surface area contributed by atoms with Gasteiger partial charge in [-0.1, -0.05) is 11.6 Å². The molecule has 2 aliphatic heterocycles. The molecular weight excluding hydrogens is 205 g/mol. The van der Waals surface area contributed by atoms with Gasteiger partial charge in [-0.05, 0) is 37.6 Å². The van der Waals surface area contributed by atoms with E-state index < -0.39 is 0 Å². The summed E-state index contributed by atoms with van der Waals surface area (Å²) in [6.45, 7) is 4.27. The molecule has 0 bridgehead atoms. The fourth-order valence-electron chi connectivity index (χ4n) is 1.95. The minimum atomic E-state index is 0.527. The molecular formula is C11H12N3P. The van der Waals surface area contributed by atoms with Gasteiger partial charge in [-0.2, -0.15) is 5.10 Å². The van der Waals surface area contributed by atoms with Crippen molar-refractivity contribution >= 4 is 26.0 Å². The Labute approximate surface area is 90.8 Å². The quantitative estimate of drug-likeness (QED) is 0.676. The summed E-state index contributed by atoms with van der Waals surface area (Å²) in [5.74, 6) is 1.03. The number of nitrogens with one attached hydrogen (secondary N) is 1. The van der Waals surface area contributed by atoms with E-state index in [0.717, 1.165) is 5.84 Å². The van der Waals surface area contributed by atoms with Crippen LogP contribution in [0.15, 0.2) is 29.4 Å². The minimum absolute atomic E-state index is 0.527. The smallest absolute Gasteiger partial charge is 0.158 e. The summed E-state index contributed by atoms with van der Waals surface area (Å²) >= 11 is 0. The second-order valence-electron chi connectivity index (χ2n) is 3.88. The normalized spacial score (nSPS) is 19.2. The van der Waals surface area contributed by atoms with Crippen LogP contribution < -0.4 is 9.87 Å². The number of aryl methyl sites for hydroxylation is 1. The maximum atomic E-state index is 4.26. The Morgan fingerprint density at radius 2 is 2.20 bits per heavy atom. The molecule has 1 atom stereocenters. The Morgan fingerprint density at radius 3 is 3.07 bits per heavy atom. The number of nitrogens with zero attached hydrogens (tertiary/aromatic N) is 2. The van der Waals surface area contributed by atoms with E-state index in [1.165, 1.54) is 22.4 Å². The van der Waals surface area contributed by atoms with Crippen molar-refractivity contribution in [2.75, 3.05) is 4.67 Å². The maximum Gasteiger partial charge on any atom is 0.158 e. The first-order valence-electron chi connectivity index (χ1n) is 4.93. The number of rotatable bonds is 0. The van der Waals surface area contributed by atoms with Gasteiger partial charge >= 0.3 is 0 Å². The maximum absolute atomic E-state index is 4.26. The average Bonchev–Trinajstić information content (AvgIpc) is 2.66. The molecule has 1 aromatic carbocycles. The molecule has 0 saturated heterocycles. The topological polar surface area (TPSA) is 27.6 Å². The number of fused-ring (bicyclic) bond motifs is 3. The largest absolute Gasteiger partial charge is 0.286 e. The molecule has 0 fully saturated rings. The van der Waals surface area contributed by atoms with Gasteiger partial charge < -0.3 is 0 Å². The lowest BCUT2D eigenvalue weighted by Crippen LogP contribution is -2.21. The summed E-state index contributed by atoms with van der Waals surface area (Å²) in [6, 6.07) is 6.56. The van der Waals surface area contributed by atoms with Gasteiger partial charge in [0.2, 0.25) is 0 Å². The van der Waals surface area contributed by atoms with Gasteiger partial charge in [-0.15, -0.1) is 0 Å². The fraction of sp³-hybridized carbons (Fsp3) is 0.182. The Morgan fingerprint density at radius 1 is 1.33 bits per heavy atom. The molecule has 2 aliphatic rings. The van der Waals surface area contributed by atoms with Crippen LogP contribution in [0.1, 0.15) is 18.1 Å². The lowest BCUT2D eigenvalue weighted by atomic mass is 9.99. The predicted molar refractivity (Wildman–Crippen MR) is 66.2 cm³/mol. The van der Waals surface area contributed by atoms with Crippen molar-refractivity contribution in [3.05, 3.63) is 35.4 Å². The van der Waals surface area contributed by atoms with E-state index in [-0.39, 0.29) is 0 Å². The second-order valence-corrected chi connectivity index (χ2v) is 4.77. The van der Waals surface area contributed by atoms with Gasteiger partial charge in [0.1, 0.15) is 8.88 Å². The van der Waals surface area contributed by atoms with Crippen molar-refractivity contribution < 1.29 is 0 Å². The molecule has 0 saturated carbocycles. The number of amidine groups is 1.